The minimum atomic E-state index is -2.96. The lowest BCUT2D eigenvalue weighted by Crippen LogP contribution is -1.86. The van der Waals surface area contributed by atoms with E-state index < -0.39 is 7.37 Å². The van der Waals surface area contributed by atoms with Gasteiger partial charge in [0.15, 0.2) is 0 Å². The van der Waals surface area contributed by atoms with Crippen molar-refractivity contribution in [2.24, 2.45) is 0 Å². The molecule has 1 unspecified atom stereocenters. The molecule has 0 spiro atoms. The molecule has 0 aromatic rings. The van der Waals surface area contributed by atoms with Crippen molar-refractivity contribution in [1.82, 2.24) is 0 Å². The number of unbranched alkanes of at least 4 members (excludes halogenated alkanes) is 1. The van der Waals surface area contributed by atoms with Crippen molar-refractivity contribution in [2.45, 2.75) is 39.5 Å². The van der Waals surface area contributed by atoms with Gasteiger partial charge < -0.3 is 4.89 Å². The summed E-state index contributed by atoms with van der Waals surface area (Å²) in [5, 5.41) is 0.742. The lowest BCUT2D eigenvalue weighted by Gasteiger charge is -2.09. The molecule has 0 rings (SSSR count). The second-order valence-corrected chi connectivity index (χ2v) is 5.42. The molecule has 1 N–H and O–H groups in total. The van der Waals surface area contributed by atoms with Gasteiger partial charge in [0.2, 0.25) is 7.37 Å². The molecule has 0 saturated carbocycles. The Morgan fingerprint density at radius 1 is 1.50 bits per heavy atom. The molecule has 3 heteroatoms. The summed E-state index contributed by atoms with van der Waals surface area (Å²) < 4.78 is 11.3. The van der Waals surface area contributed by atoms with Gasteiger partial charge in [-0.25, -0.2) is 0 Å². The van der Waals surface area contributed by atoms with Gasteiger partial charge in [0.25, 0.3) is 0 Å². The van der Waals surface area contributed by atoms with Gasteiger partial charge in [-0.2, -0.15) is 0 Å². The fourth-order valence-electron chi connectivity index (χ4n) is 1.07. The Hall–Kier alpha value is -0.0700. The van der Waals surface area contributed by atoms with Crippen molar-refractivity contribution in [3.8, 4) is 0 Å². The average molecular weight is 190 g/mol. The summed E-state index contributed by atoms with van der Waals surface area (Å²) in [4.78, 5) is 9.32. The number of hydrogen-bond donors (Lipinski definition) is 1. The first-order chi connectivity index (χ1) is 5.52. The summed E-state index contributed by atoms with van der Waals surface area (Å²) in [6, 6.07) is 0. The Morgan fingerprint density at radius 3 is 2.42 bits per heavy atom. The topological polar surface area (TPSA) is 37.3 Å². The van der Waals surface area contributed by atoms with Crippen molar-refractivity contribution < 1.29 is 9.46 Å². The molecule has 0 aliphatic rings. The van der Waals surface area contributed by atoms with E-state index in [2.05, 4.69) is 6.92 Å². The highest BCUT2D eigenvalue weighted by Crippen LogP contribution is 2.47. The van der Waals surface area contributed by atoms with Crippen LogP contribution in [0.5, 0.6) is 0 Å². The maximum absolute atomic E-state index is 11.3. The molecule has 0 aromatic heterocycles. The van der Waals surface area contributed by atoms with Gasteiger partial charge in [-0.3, -0.25) is 4.57 Å². The summed E-state index contributed by atoms with van der Waals surface area (Å²) >= 11 is 0. The molecule has 0 radical (unpaired) electrons. The summed E-state index contributed by atoms with van der Waals surface area (Å²) in [6.07, 6.45) is 5.58. The lowest BCUT2D eigenvalue weighted by atomic mass is 10.2. The van der Waals surface area contributed by atoms with Crippen LogP contribution in [0.4, 0.5) is 0 Å². The SMILES string of the molecule is CC/C=C(\CCCC)P(C)(=O)O. The van der Waals surface area contributed by atoms with E-state index in [4.69, 9.17) is 0 Å². The molecule has 0 saturated heterocycles. The summed E-state index contributed by atoms with van der Waals surface area (Å²) in [5.41, 5.74) is 0. The van der Waals surface area contributed by atoms with Crippen LogP contribution in [0.1, 0.15) is 39.5 Å². The van der Waals surface area contributed by atoms with Gasteiger partial charge in [-0.1, -0.05) is 26.3 Å². The minimum Gasteiger partial charge on any atom is -0.341 e. The maximum atomic E-state index is 11.3. The Bertz CT molecular complexity index is 191. The third-order valence-electron chi connectivity index (χ3n) is 1.76. The normalized spacial score (nSPS) is 17.5. The van der Waals surface area contributed by atoms with Crippen LogP contribution in [0, 0.1) is 0 Å². The number of hydrogen-bond acceptors (Lipinski definition) is 1. The van der Waals surface area contributed by atoms with Crippen LogP contribution in [0.3, 0.4) is 0 Å². The highest BCUT2D eigenvalue weighted by molar-refractivity contribution is 7.61. The first-order valence-electron chi connectivity index (χ1n) is 4.52. The van der Waals surface area contributed by atoms with Crippen LogP contribution in [-0.2, 0) is 4.57 Å². The van der Waals surface area contributed by atoms with E-state index in [1.54, 1.807) is 0 Å². The monoisotopic (exact) mass is 190 g/mol. The van der Waals surface area contributed by atoms with E-state index in [1.807, 2.05) is 13.0 Å². The largest absolute Gasteiger partial charge is 0.341 e. The molecular weight excluding hydrogens is 171 g/mol. The zero-order chi connectivity index (χ0) is 9.61. The summed E-state index contributed by atoms with van der Waals surface area (Å²) in [6.45, 7) is 5.49. The van der Waals surface area contributed by atoms with Crippen molar-refractivity contribution in [2.75, 3.05) is 6.66 Å². The van der Waals surface area contributed by atoms with Crippen LogP contribution in [0.2, 0.25) is 0 Å². The van der Waals surface area contributed by atoms with E-state index in [0.29, 0.717) is 0 Å². The first-order valence-corrected chi connectivity index (χ1v) is 6.62. The van der Waals surface area contributed by atoms with Gasteiger partial charge >= 0.3 is 0 Å². The minimum absolute atomic E-state index is 0.742. The zero-order valence-electron chi connectivity index (χ0n) is 8.21. The Balaban J connectivity index is 4.26. The highest BCUT2D eigenvalue weighted by Gasteiger charge is 2.15. The first kappa shape index (κ1) is 11.9. The predicted molar refractivity (Wildman–Crippen MR) is 53.6 cm³/mol. The molecule has 0 aliphatic carbocycles. The predicted octanol–water partition coefficient (Wildman–Crippen LogP) is 3.37. The van der Waals surface area contributed by atoms with E-state index in [0.717, 1.165) is 31.0 Å². The third-order valence-corrected chi connectivity index (χ3v) is 3.23. The van der Waals surface area contributed by atoms with Gasteiger partial charge in [0.05, 0.1) is 0 Å². The molecular formula is C9H19O2P. The van der Waals surface area contributed by atoms with Crippen LogP contribution in [0.25, 0.3) is 0 Å². The molecule has 12 heavy (non-hydrogen) atoms. The van der Waals surface area contributed by atoms with Crippen LogP contribution in [0.15, 0.2) is 11.4 Å². The van der Waals surface area contributed by atoms with Gasteiger partial charge in [-0.05, 0) is 19.3 Å². The van der Waals surface area contributed by atoms with Crippen LogP contribution < -0.4 is 0 Å². The molecule has 0 bridgehead atoms. The van der Waals surface area contributed by atoms with Crippen molar-refractivity contribution in [3.63, 3.8) is 0 Å². The quantitative estimate of drug-likeness (QED) is 0.675. The van der Waals surface area contributed by atoms with Crippen LogP contribution >= 0.6 is 7.37 Å². The smallest absolute Gasteiger partial charge is 0.222 e. The third kappa shape index (κ3) is 4.74. The average Bonchev–Trinajstić information content (AvgIpc) is 1.95. The number of rotatable bonds is 5. The van der Waals surface area contributed by atoms with Crippen molar-refractivity contribution in [3.05, 3.63) is 11.4 Å². The summed E-state index contributed by atoms with van der Waals surface area (Å²) in [5.74, 6) is 0. The lowest BCUT2D eigenvalue weighted by molar-refractivity contribution is 0.489. The molecule has 0 amide bonds. The second kappa shape index (κ2) is 5.55. The van der Waals surface area contributed by atoms with Gasteiger partial charge in [0, 0.05) is 12.0 Å². The van der Waals surface area contributed by atoms with Crippen molar-refractivity contribution >= 4 is 7.37 Å². The number of allylic oxidation sites excluding steroid dienone is 2. The van der Waals surface area contributed by atoms with E-state index in [1.165, 1.54) is 6.66 Å². The summed E-state index contributed by atoms with van der Waals surface area (Å²) in [7, 11) is -2.96. The van der Waals surface area contributed by atoms with E-state index in [9.17, 15) is 9.46 Å². The molecule has 0 heterocycles. The van der Waals surface area contributed by atoms with Crippen molar-refractivity contribution in [1.29, 1.82) is 0 Å². The second-order valence-electron chi connectivity index (χ2n) is 3.09. The molecule has 0 aliphatic heterocycles. The van der Waals surface area contributed by atoms with E-state index in [-0.39, 0.29) is 0 Å². The highest BCUT2D eigenvalue weighted by atomic mass is 31.2. The molecule has 2 nitrogen and oxygen atoms in total. The van der Waals surface area contributed by atoms with Crippen LogP contribution in [-0.4, -0.2) is 11.6 Å². The fourth-order valence-corrected chi connectivity index (χ4v) is 2.17. The maximum Gasteiger partial charge on any atom is 0.222 e. The molecule has 0 aromatic carbocycles. The Labute approximate surface area is 75.1 Å². The molecule has 72 valence electrons. The molecule has 0 fully saturated rings. The molecule has 1 atom stereocenters. The van der Waals surface area contributed by atoms with E-state index >= 15 is 0 Å². The van der Waals surface area contributed by atoms with Gasteiger partial charge in [-0.15, -0.1) is 0 Å². The fraction of sp³-hybridized carbons (Fsp3) is 0.778. The zero-order valence-corrected chi connectivity index (χ0v) is 9.10. The van der Waals surface area contributed by atoms with Gasteiger partial charge in [0.1, 0.15) is 0 Å². The Kier molecular flexibility index (Phi) is 5.52. The standard InChI is InChI=1S/C9H19O2P/c1-4-6-8-9(7-5-2)12(3,10)11/h7H,4-6,8H2,1-3H3,(H,10,11)/b9-7+. The Morgan fingerprint density at radius 2 is 2.08 bits per heavy atom.